The lowest BCUT2D eigenvalue weighted by atomic mass is 10.0. The molecule has 0 radical (unpaired) electrons. The molecule has 0 aliphatic heterocycles. The zero-order valence-electron chi connectivity index (χ0n) is 33.0. The predicted molar refractivity (Wildman–Crippen MR) is 227 cm³/mol. The maximum absolute atomic E-state index is 6.52. The molecule has 0 aliphatic rings. The Hall–Kier alpha value is -1.26. The van der Waals surface area contributed by atoms with Gasteiger partial charge in [-0.3, -0.25) is 0 Å². The zero-order valence-corrected chi connectivity index (χ0v) is 34.6. The number of hydrogen-bond acceptors (Lipinski definition) is 4. The van der Waals surface area contributed by atoms with Crippen molar-refractivity contribution in [2.45, 2.75) is 219 Å². The van der Waals surface area contributed by atoms with Crippen molar-refractivity contribution in [1.29, 1.82) is 0 Å². The van der Waals surface area contributed by atoms with Gasteiger partial charge in [-0.2, -0.15) is 0 Å². The summed E-state index contributed by atoms with van der Waals surface area (Å²) in [4.78, 5) is 0. The molecule has 0 bridgehead atoms. The van der Waals surface area contributed by atoms with Crippen LogP contribution in [0.4, 0.5) is 0 Å². The van der Waals surface area contributed by atoms with Crippen LogP contribution in [0.3, 0.4) is 0 Å². The van der Waals surface area contributed by atoms with Crippen LogP contribution in [0.25, 0.3) is 20.2 Å². The second-order valence-corrected chi connectivity index (χ2v) is 17.1. The number of benzene rings is 1. The molecule has 2 aromatic heterocycles. The van der Waals surface area contributed by atoms with E-state index in [0.717, 1.165) is 37.6 Å². The van der Waals surface area contributed by atoms with E-state index in [4.69, 9.17) is 9.47 Å². The van der Waals surface area contributed by atoms with Crippen LogP contribution in [0.5, 0.6) is 11.5 Å². The highest BCUT2D eigenvalue weighted by Crippen LogP contribution is 2.47. The average molecular weight is 727 g/mol. The molecule has 2 heterocycles. The van der Waals surface area contributed by atoms with Crippen LogP contribution in [-0.4, -0.2) is 13.2 Å². The van der Waals surface area contributed by atoms with E-state index >= 15 is 0 Å². The summed E-state index contributed by atoms with van der Waals surface area (Å²) >= 11 is 3.60. The van der Waals surface area contributed by atoms with Gasteiger partial charge in [0.05, 0.1) is 22.6 Å². The van der Waals surface area contributed by atoms with Crippen molar-refractivity contribution in [3.05, 3.63) is 22.9 Å². The van der Waals surface area contributed by atoms with Gasteiger partial charge in [-0.1, -0.05) is 206 Å². The van der Waals surface area contributed by atoms with Gasteiger partial charge in [-0.15, -0.1) is 22.7 Å². The third-order valence-corrected chi connectivity index (χ3v) is 12.5. The van der Waals surface area contributed by atoms with E-state index in [0.29, 0.717) is 0 Å². The quantitative estimate of drug-likeness (QED) is 0.0556. The molecule has 0 amide bonds. The van der Waals surface area contributed by atoms with Crippen LogP contribution in [-0.2, 0) is 0 Å². The fourth-order valence-corrected chi connectivity index (χ4v) is 9.32. The maximum atomic E-state index is 6.52. The summed E-state index contributed by atoms with van der Waals surface area (Å²) in [5, 5.41) is 6.89. The van der Waals surface area contributed by atoms with Crippen LogP contribution in [0, 0.1) is 0 Å². The van der Waals surface area contributed by atoms with Crippen molar-refractivity contribution in [3.8, 4) is 11.5 Å². The molecule has 2 nitrogen and oxygen atoms in total. The van der Waals surface area contributed by atoms with Gasteiger partial charge in [0.2, 0.25) is 0 Å². The first kappa shape index (κ1) is 43.1. The van der Waals surface area contributed by atoms with Gasteiger partial charge < -0.3 is 9.47 Å². The van der Waals surface area contributed by atoms with E-state index < -0.39 is 0 Å². The molecule has 3 rings (SSSR count). The molecule has 0 aliphatic carbocycles. The molecule has 286 valence electrons. The SMILES string of the molecule is CCCCCCCCCCCCCCCCCCOc1c2ccsc2c(OCCCCCCCCCCCCCCCCCC)c2ccsc12. The van der Waals surface area contributed by atoms with Crippen LogP contribution < -0.4 is 9.47 Å². The fourth-order valence-electron chi connectivity index (χ4n) is 7.51. The third-order valence-electron chi connectivity index (χ3n) is 10.7. The van der Waals surface area contributed by atoms with Crippen LogP contribution in [0.15, 0.2) is 22.9 Å². The minimum absolute atomic E-state index is 0.815. The molecule has 0 saturated carbocycles. The third kappa shape index (κ3) is 18.5. The fraction of sp³-hybridized carbons (Fsp3) is 0.783. The first-order valence-corrected chi connectivity index (χ1v) is 23.8. The van der Waals surface area contributed by atoms with E-state index in [9.17, 15) is 0 Å². The molecule has 1 aromatic carbocycles. The van der Waals surface area contributed by atoms with Crippen LogP contribution >= 0.6 is 22.7 Å². The smallest absolute Gasteiger partial charge is 0.146 e. The average Bonchev–Trinajstić information content (AvgIpc) is 3.82. The lowest BCUT2D eigenvalue weighted by Gasteiger charge is -2.14. The summed E-state index contributed by atoms with van der Waals surface area (Å²) in [5.41, 5.74) is 0. The van der Waals surface area contributed by atoms with Crippen molar-refractivity contribution in [3.63, 3.8) is 0 Å². The summed E-state index contributed by atoms with van der Waals surface area (Å²) in [6, 6.07) is 4.48. The highest BCUT2D eigenvalue weighted by molar-refractivity contribution is 7.19. The molecular formula is C46H78O2S2. The topological polar surface area (TPSA) is 18.5 Å². The van der Waals surface area contributed by atoms with E-state index in [1.54, 1.807) is 22.7 Å². The molecule has 0 saturated heterocycles. The Balaban J connectivity index is 1.20. The van der Waals surface area contributed by atoms with Gasteiger partial charge in [0, 0.05) is 10.8 Å². The maximum Gasteiger partial charge on any atom is 0.146 e. The zero-order chi connectivity index (χ0) is 35.2. The largest absolute Gasteiger partial charge is 0.491 e. The lowest BCUT2D eigenvalue weighted by Crippen LogP contribution is -2.00. The Morgan fingerprint density at radius 2 is 0.580 bits per heavy atom. The van der Waals surface area contributed by atoms with Gasteiger partial charge >= 0.3 is 0 Å². The number of unbranched alkanes of at least 4 members (excludes halogenated alkanes) is 30. The van der Waals surface area contributed by atoms with Gasteiger partial charge in [0.1, 0.15) is 11.5 Å². The van der Waals surface area contributed by atoms with E-state index in [1.165, 1.54) is 213 Å². The molecule has 50 heavy (non-hydrogen) atoms. The Morgan fingerprint density at radius 3 is 0.840 bits per heavy atom. The summed E-state index contributed by atoms with van der Waals surface area (Å²) < 4.78 is 15.6. The van der Waals surface area contributed by atoms with Crippen LogP contribution in [0.1, 0.15) is 219 Å². The van der Waals surface area contributed by atoms with Crippen molar-refractivity contribution in [2.75, 3.05) is 13.2 Å². The summed E-state index contributed by atoms with van der Waals surface area (Å²) in [6.45, 7) is 6.23. The molecule has 0 fully saturated rings. The molecule has 0 unspecified atom stereocenters. The van der Waals surface area contributed by atoms with Crippen LogP contribution in [0.2, 0.25) is 0 Å². The lowest BCUT2D eigenvalue weighted by molar-refractivity contribution is 0.307. The molecule has 0 N–H and O–H groups in total. The molecule has 0 atom stereocenters. The van der Waals surface area contributed by atoms with Crippen molar-refractivity contribution in [1.82, 2.24) is 0 Å². The van der Waals surface area contributed by atoms with Crippen molar-refractivity contribution >= 4 is 42.8 Å². The Morgan fingerprint density at radius 1 is 0.340 bits per heavy atom. The standard InChI is InChI=1S/C46H78O2S2/c1-3-5-7-9-11-13-15-17-19-21-23-25-27-29-31-33-37-47-43-41-35-39-50-46(41)44(42-36-40-49-45(42)43)48-38-34-32-30-28-26-24-22-20-18-16-14-12-10-8-6-4-2/h35-36,39-40H,3-34,37-38H2,1-2H3. The second kappa shape index (κ2) is 30.2. The summed E-state index contributed by atoms with van der Waals surface area (Å²) in [6.07, 6.45) is 44.7. The van der Waals surface area contributed by atoms with Crippen molar-refractivity contribution < 1.29 is 9.47 Å². The number of fused-ring (bicyclic) bond motifs is 2. The predicted octanol–water partition coefficient (Wildman–Crippen LogP) is 17.4. The highest BCUT2D eigenvalue weighted by atomic mass is 32.1. The molecule has 0 spiro atoms. The molecule has 4 heteroatoms. The van der Waals surface area contributed by atoms with E-state index in [1.807, 2.05) is 0 Å². The summed E-state index contributed by atoms with van der Waals surface area (Å²) in [5.74, 6) is 2.17. The Labute approximate surface area is 317 Å². The number of rotatable bonds is 36. The Kier molecular flexibility index (Phi) is 26.1. The van der Waals surface area contributed by atoms with E-state index in [2.05, 4.69) is 36.7 Å². The van der Waals surface area contributed by atoms with E-state index in [-0.39, 0.29) is 0 Å². The van der Waals surface area contributed by atoms with Gasteiger partial charge in [0.15, 0.2) is 0 Å². The highest BCUT2D eigenvalue weighted by Gasteiger charge is 2.18. The minimum atomic E-state index is 0.815. The first-order valence-electron chi connectivity index (χ1n) is 22.0. The number of hydrogen-bond donors (Lipinski definition) is 0. The second-order valence-electron chi connectivity index (χ2n) is 15.3. The summed E-state index contributed by atoms with van der Waals surface area (Å²) in [7, 11) is 0. The first-order chi connectivity index (χ1) is 24.9. The van der Waals surface area contributed by atoms with Crippen molar-refractivity contribution in [2.24, 2.45) is 0 Å². The minimum Gasteiger partial charge on any atom is -0.491 e. The number of thiophene rings is 2. The molecular weight excluding hydrogens is 649 g/mol. The Bertz CT molecular complexity index is 1040. The monoisotopic (exact) mass is 727 g/mol. The van der Waals surface area contributed by atoms with Gasteiger partial charge in [-0.05, 0) is 35.7 Å². The van der Waals surface area contributed by atoms with Gasteiger partial charge in [0.25, 0.3) is 0 Å². The molecule has 3 aromatic rings. The number of ether oxygens (including phenoxy) is 2. The van der Waals surface area contributed by atoms with Gasteiger partial charge in [-0.25, -0.2) is 0 Å². The normalized spacial score (nSPS) is 11.7.